The van der Waals surface area contributed by atoms with Gasteiger partial charge in [-0.05, 0) is 48.9 Å². The van der Waals surface area contributed by atoms with Crippen molar-refractivity contribution in [1.29, 1.82) is 0 Å². The summed E-state index contributed by atoms with van der Waals surface area (Å²) in [6.07, 6.45) is 4.00. The third kappa shape index (κ3) is 1.83. The zero-order valence-corrected chi connectivity index (χ0v) is 9.14. The van der Waals surface area contributed by atoms with Crippen LogP contribution >= 0.6 is 0 Å². The average Bonchev–Trinajstić information content (AvgIpc) is 2.20. The lowest BCUT2D eigenvalue weighted by Gasteiger charge is -2.23. The molecule has 0 bridgehead atoms. The van der Waals surface area contributed by atoms with Crippen molar-refractivity contribution in [2.24, 2.45) is 0 Å². The molecule has 1 atom stereocenters. The summed E-state index contributed by atoms with van der Waals surface area (Å²) in [4.78, 5) is 0. The van der Waals surface area contributed by atoms with Crippen LogP contribution in [0.5, 0.6) is 0 Å². The molecule has 0 saturated carbocycles. The van der Waals surface area contributed by atoms with E-state index >= 15 is 0 Å². The van der Waals surface area contributed by atoms with E-state index in [1.165, 1.54) is 24.8 Å². The molecule has 0 aliphatic heterocycles. The summed E-state index contributed by atoms with van der Waals surface area (Å²) >= 11 is 0. The molecule has 1 nitrogen and oxygen atoms in total. The van der Waals surface area contributed by atoms with Crippen LogP contribution in [0.2, 0.25) is 0 Å². The number of fused-ring (bicyclic) bond motifs is 1. The standard InChI is InChI=1S/C13H19N/c1-10-4-3-5-12-7-6-11(9-14-2)8-13(10)12/h6-8,10,14H,3-5,9H2,1-2H3. The highest BCUT2D eigenvalue weighted by Gasteiger charge is 2.15. The molecule has 14 heavy (non-hydrogen) atoms. The Bertz CT molecular complexity index is 317. The molecule has 0 amide bonds. The fourth-order valence-corrected chi connectivity index (χ4v) is 2.40. The van der Waals surface area contributed by atoms with Gasteiger partial charge in [-0.2, -0.15) is 0 Å². The molecule has 0 spiro atoms. The van der Waals surface area contributed by atoms with Gasteiger partial charge in [0.05, 0.1) is 0 Å². The molecule has 1 aliphatic carbocycles. The van der Waals surface area contributed by atoms with Crippen LogP contribution in [0.1, 0.15) is 42.4 Å². The highest BCUT2D eigenvalue weighted by Crippen LogP contribution is 2.31. The molecule has 1 aromatic carbocycles. The predicted octanol–water partition coefficient (Wildman–Crippen LogP) is 2.85. The molecule has 1 aromatic rings. The van der Waals surface area contributed by atoms with Crippen molar-refractivity contribution >= 4 is 0 Å². The Morgan fingerprint density at radius 2 is 2.29 bits per heavy atom. The minimum absolute atomic E-state index is 0.760. The number of hydrogen-bond donors (Lipinski definition) is 1. The zero-order chi connectivity index (χ0) is 9.97. The van der Waals surface area contributed by atoms with Crippen LogP contribution in [-0.2, 0) is 13.0 Å². The van der Waals surface area contributed by atoms with Gasteiger partial charge in [0.1, 0.15) is 0 Å². The van der Waals surface area contributed by atoms with Crippen LogP contribution in [0.3, 0.4) is 0 Å². The number of aryl methyl sites for hydroxylation is 1. The molecule has 0 saturated heterocycles. The fraction of sp³-hybridized carbons (Fsp3) is 0.538. The normalized spacial score (nSPS) is 20.6. The van der Waals surface area contributed by atoms with Crippen LogP contribution in [-0.4, -0.2) is 7.05 Å². The van der Waals surface area contributed by atoms with Gasteiger partial charge < -0.3 is 5.32 Å². The SMILES string of the molecule is CNCc1ccc2c(c1)C(C)CCC2. The predicted molar refractivity (Wildman–Crippen MR) is 60.6 cm³/mol. The zero-order valence-electron chi connectivity index (χ0n) is 9.14. The van der Waals surface area contributed by atoms with E-state index in [1.807, 2.05) is 7.05 Å². The lowest BCUT2D eigenvalue weighted by atomic mass is 9.83. The Kier molecular flexibility index (Phi) is 2.87. The summed E-state index contributed by atoms with van der Waals surface area (Å²) in [5, 5.41) is 3.21. The van der Waals surface area contributed by atoms with Crippen molar-refractivity contribution in [3.8, 4) is 0 Å². The highest BCUT2D eigenvalue weighted by atomic mass is 14.8. The van der Waals surface area contributed by atoms with E-state index in [-0.39, 0.29) is 0 Å². The quantitative estimate of drug-likeness (QED) is 0.754. The van der Waals surface area contributed by atoms with Crippen molar-refractivity contribution in [2.45, 2.75) is 38.6 Å². The highest BCUT2D eigenvalue weighted by molar-refractivity contribution is 5.36. The molecule has 0 radical (unpaired) electrons. The molecule has 76 valence electrons. The van der Waals surface area contributed by atoms with E-state index in [0.29, 0.717) is 0 Å². The molecule has 1 N–H and O–H groups in total. The number of nitrogens with one attached hydrogen (secondary N) is 1. The van der Waals surface area contributed by atoms with E-state index in [9.17, 15) is 0 Å². The summed E-state index contributed by atoms with van der Waals surface area (Å²) in [6.45, 7) is 3.33. The van der Waals surface area contributed by atoms with Crippen LogP contribution in [0.25, 0.3) is 0 Å². The van der Waals surface area contributed by atoms with Gasteiger partial charge in [-0.1, -0.05) is 25.1 Å². The Labute approximate surface area is 86.5 Å². The van der Waals surface area contributed by atoms with Crippen molar-refractivity contribution in [3.63, 3.8) is 0 Å². The van der Waals surface area contributed by atoms with Crippen molar-refractivity contribution in [1.82, 2.24) is 5.32 Å². The maximum atomic E-state index is 3.21. The Morgan fingerprint density at radius 3 is 3.07 bits per heavy atom. The number of rotatable bonds is 2. The van der Waals surface area contributed by atoms with Crippen molar-refractivity contribution in [3.05, 3.63) is 34.9 Å². The lowest BCUT2D eigenvalue weighted by Crippen LogP contribution is -2.10. The molecular formula is C13H19N. The van der Waals surface area contributed by atoms with E-state index in [1.54, 1.807) is 11.1 Å². The molecule has 0 heterocycles. The maximum Gasteiger partial charge on any atom is 0.0202 e. The molecule has 2 rings (SSSR count). The molecule has 1 unspecified atom stereocenters. The minimum Gasteiger partial charge on any atom is -0.316 e. The van der Waals surface area contributed by atoms with Gasteiger partial charge in [-0.25, -0.2) is 0 Å². The van der Waals surface area contributed by atoms with Crippen LogP contribution in [0, 0.1) is 0 Å². The van der Waals surface area contributed by atoms with Crippen molar-refractivity contribution in [2.75, 3.05) is 7.05 Å². The van der Waals surface area contributed by atoms with Gasteiger partial charge in [0.2, 0.25) is 0 Å². The smallest absolute Gasteiger partial charge is 0.0202 e. The molecule has 1 heteroatoms. The third-order valence-corrected chi connectivity index (χ3v) is 3.21. The summed E-state index contributed by atoms with van der Waals surface area (Å²) < 4.78 is 0. The first-order chi connectivity index (χ1) is 6.81. The minimum atomic E-state index is 0.760. The van der Waals surface area contributed by atoms with Gasteiger partial charge in [0, 0.05) is 6.54 Å². The summed E-state index contributed by atoms with van der Waals surface area (Å²) in [5.74, 6) is 0.760. The lowest BCUT2D eigenvalue weighted by molar-refractivity contribution is 0.589. The monoisotopic (exact) mass is 189 g/mol. The Balaban J connectivity index is 2.31. The van der Waals surface area contributed by atoms with Gasteiger partial charge in [-0.15, -0.1) is 0 Å². The van der Waals surface area contributed by atoms with Gasteiger partial charge >= 0.3 is 0 Å². The molecular weight excluding hydrogens is 170 g/mol. The summed E-state index contributed by atoms with van der Waals surface area (Å²) in [5.41, 5.74) is 4.58. The van der Waals surface area contributed by atoms with Gasteiger partial charge in [0.15, 0.2) is 0 Å². The number of benzene rings is 1. The first-order valence-corrected chi connectivity index (χ1v) is 5.57. The maximum absolute atomic E-state index is 3.21. The number of hydrogen-bond acceptors (Lipinski definition) is 1. The van der Waals surface area contributed by atoms with Gasteiger partial charge in [-0.3, -0.25) is 0 Å². The second-order valence-corrected chi connectivity index (χ2v) is 4.36. The van der Waals surface area contributed by atoms with E-state index in [2.05, 4.69) is 30.4 Å². The Hall–Kier alpha value is -0.820. The first kappa shape index (κ1) is 9.72. The first-order valence-electron chi connectivity index (χ1n) is 5.57. The van der Waals surface area contributed by atoms with E-state index in [4.69, 9.17) is 0 Å². The third-order valence-electron chi connectivity index (χ3n) is 3.21. The Morgan fingerprint density at radius 1 is 1.43 bits per heavy atom. The van der Waals surface area contributed by atoms with Crippen LogP contribution < -0.4 is 5.32 Å². The summed E-state index contributed by atoms with van der Waals surface area (Å²) in [7, 11) is 2.00. The summed E-state index contributed by atoms with van der Waals surface area (Å²) in [6, 6.07) is 6.96. The topological polar surface area (TPSA) is 12.0 Å². The molecule has 0 aromatic heterocycles. The molecule has 1 aliphatic rings. The van der Waals surface area contributed by atoms with Crippen LogP contribution in [0.15, 0.2) is 18.2 Å². The average molecular weight is 189 g/mol. The van der Waals surface area contributed by atoms with E-state index < -0.39 is 0 Å². The molecule has 0 fully saturated rings. The largest absolute Gasteiger partial charge is 0.316 e. The van der Waals surface area contributed by atoms with Crippen LogP contribution in [0.4, 0.5) is 0 Å². The fourth-order valence-electron chi connectivity index (χ4n) is 2.40. The van der Waals surface area contributed by atoms with Gasteiger partial charge in [0.25, 0.3) is 0 Å². The van der Waals surface area contributed by atoms with E-state index in [0.717, 1.165) is 12.5 Å². The van der Waals surface area contributed by atoms with Crippen molar-refractivity contribution < 1.29 is 0 Å². The second kappa shape index (κ2) is 4.14. The second-order valence-electron chi connectivity index (χ2n) is 4.36.